The van der Waals surface area contributed by atoms with E-state index in [1.807, 2.05) is 4.98 Å². The summed E-state index contributed by atoms with van der Waals surface area (Å²) in [6, 6.07) is -0.249. The fourth-order valence-electron chi connectivity index (χ4n) is 1.91. The van der Waals surface area contributed by atoms with Crippen LogP contribution in [0.15, 0.2) is 15.8 Å². The third-order valence-electron chi connectivity index (χ3n) is 3.00. The van der Waals surface area contributed by atoms with Crippen LogP contribution in [0.5, 0.6) is 0 Å². The van der Waals surface area contributed by atoms with Crippen molar-refractivity contribution in [1.82, 2.24) is 14.5 Å². The number of fused-ring (bicyclic) bond motifs is 1. The first kappa shape index (κ1) is 14.3. The number of H-pyrrole nitrogens is 1. The maximum atomic E-state index is 12.8. The lowest BCUT2D eigenvalue weighted by molar-refractivity contribution is -0.141. The van der Waals surface area contributed by atoms with Crippen molar-refractivity contribution in [1.29, 1.82) is 0 Å². The lowest BCUT2D eigenvalue weighted by Crippen LogP contribution is -2.27. The van der Waals surface area contributed by atoms with Crippen molar-refractivity contribution in [3.05, 3.63) is 38.2 Å². The highest BCUT2D eigenvalue weighted by Gasteiger charge is 2.35. The molecular weight excluding hydrogens is 275 g/mol. The van der Waals surface area contributed by atoms with Gasteiger partial charge in [0.1, 0.15) is 11.3 Å². The minimum Gasteiger partial charge on any atom is -0.335 e. The minimum atomic E-state index is -4.70. The molecule has 5 nitrogen and oxygen atoms in total. The van der Waals surface area contributed by atoms with Crippen LogP contribution in [0.1, 0.15) is 31.1 Å². The predicted octanol–water partition coefficient (Wildman–Crippen LogP) is 1.99. The minimum absolute atomic E-state index is 0.0381. The summed E-state index contributed by atoms with van der Waals surface area (Å²) in [7, 11) is 0. The Bertz CT molecular complexity index is 787. The standard InChI is InChI=1S/C12H12F3N3O2/c1-5(2)18-4-7-8(19)6(3)9(12(13,14)15)16-10(7)17-11(18)20/h4-5H,1-3H3,(H,16,17,20). The van der Waals surface area contributed by atoms with Gasteiger partial charge in [-0.05, 0) is 20.8 Å². The second kappa shape index (κ2) is 4.46. The van der Waals surface area contributed by atoms with Gasteiger partial charge in [-0.3, -0.25) is 9.36 Å². The number of alkyl halides is 3. The highest BCUT2D eigenvalue weighted by molar-refractivity contribution is 5.74. The van der Waals surface area contributed by atoms with Crippen LogP contribution in [0.3, 0.4) is 0 Å². The van der Waals surface area contributed by atoms with Crippen LogP contribution >= 0.6 is 0 Å². The van der Waals surface area contributed by atoms with E-state index < -0.39 is 28.6 Å². The number of rotatable bonds is 1. The lowest BCUT2D eigenvalue weighted by atomic mass is 10.1. The molecule has 0 aliphatic rings. The monoisotopic (exact) mass is 287 g/mol. The van der Waals surface area contributed by atoms with E-state index >= 15 is 0 Å². The van der Waals surface area contributed by atoms with Crippen molar-refractivity contribution in [2.24, 2.45) is 0 Å². The zero-order valence-electron chi connectivity index (χ0n) is 11.0. The van der Waals surface area contributed by atoms with Gasteiger partial charge in [0, 0.05) is 17.8 Å². The number of nitrogens with one attached hydrogen (secondary N) is 1. The molecule has 0 saturated heterocycles. The molecule has 0 aliphatic heterocycles. The van der Waals surface area contributed by atoms with Crippen molar-refractivity contribution in [3.63, 3.8) is 0 Å². The van der Waals surface area contributed by atoms with Gasteiger partial charge >= 0.3 is 11.9 Å². The first-order valence-electron chi connectivity index (χ1n) is 5.86. The van der Waals surface area contributed by atoms with Crippen LogP contribution in [0.2, 0.25) is 0 Å². The maximum Gasteiger partial charge on any atom is 0.431 e. The SMILES string of the molecule is Cc1c(C(F)(F)F)[nH]c2nc(=O)n(C(C)C)cc2c1=O. The number of aromatic amines is 1. The van der Waals surface area contributed by atoms with Crippen LogP contribution in [-0.4, -0.2) is 14.5 Å². The zero-order chi connectivity index (χ0) is 15.2. The first-order chi connectivity index (χ1) is 9.12. The molecule has 0 aliphatic carbocycles. The Morgan fingerprint density at radius 2 is 1.90 bits per heavy atom. The molecule has 0 spiro atoms. The number of pyridine rings is 1. The zero-order valence-corrected chi connectivity index (χ0v) is 11.0. The van der Waals surface area contributed by atoms with Crippen LogP contribution in [0, 0.1) is 6.92 Å². The number of halogens is 3. The summed E-state index contributed by atoms with van der Waals surface area (Å²) in [5.74, 6) is 0. The Morgan fingerprint density at radius 3 is 2.40 bits per heavy atom. The van der Waals surface area contributed by atoms with Crippen LogP contribution < -0.4 is 11.1 Å². The van der Waals surface area contributed by atoms with Gasteiger partial charge in [0.15, 0.2) is 5.43 Å². The molecule has 2 rings (SSSR count). The van der Waals surface area contributed by atoms with E-state index in [4.69, 9.17) is 0 Å². The molecule has 2 aromatic rings. The Balaban J connectivity index is 2.92. The Labute approximate surface area is 111 Å². The molecular formula is C12H12F3N3O2. The molecule has 0 aromatic carbocycles. The molecule has 2 heterocycles. The summed E-state index contributed by atoms with van der Waals surface area (Å²) in [6.45, 7) is 4.51. The average molecular weight is 287 g/mol. The second-order valence-corrected chi connectivity index (χ2v) is 4.74. The van der Waals surface area contributed by atoms with E-state index in [1.54, 1.807) is 13.8 Å². The summed E-state index contributed by atoms with van der Waals surface area (Å²) >= 11 is 0. The molecule has 0 amide bonds. The maximum absolute atomic E-state index is 12.8. The van der Waals surface area contributed by atoms with Gasteiger partial charge in [-0.25, -0.2) is 4.79 Å². The Kier molecular flexibility index (Phi) is 3.19. The third kappa shape index (κ3) is 2.21. The van der Waals surface area contributed by atoms with E-state index in [1.165, 1.54) is 10.8 Å². The number of hydrogen-bond donors (Lipinski definition) is 1. The van der Waals surface area contributed by atoms with Gasteiger partial charge in [-0.15, -0.1) is 0 Å². The molecule has 8 heteroatoms. The van der Waals surface area contributed by atoms with E-state index in [2.05, 4.69) is 4.98 Å². The quantitative estimate of drug-likeness (QED) is 0.872. The van der Waals surface area contributed by atoms with Gasteiger partial charge in [-0.1, -0.05) is 0 Å². The molecule has 0 bridgehead atoms. The van der Waals surface area contributed by atoms with Gasteiger partial charge < -0.3 is 4.98 Å². The second-order valence-electron chi connectivity index (χ2n) is 4.74. The molecule has 0 radical (unpaired) electrons. The molecule has 20 heavy (non-hydrogen) atoms. The van der Waals surface area contributed by atoms with Gasteiger partial charge in [0.2, 0.25) is 0 Å². The summed E-state index contributed by atoms with van der Waals surface area (Å²) < 4.78 is 39.5. The van der Waals surface area contributed by atoms with Crippen molar-refractivity contribution in [3.8, 4) is 0 Å². The predicted molar refractivity (Wildman–Crippen MR) is 66.7 cm³/mol. The number of nitrogens with zero attached hydrogens (tertiary/aromatic N) is 2. The Morgan fingerprint density at radius 1 is 1.30 bits per heavy atom. The fraction of sp³-hybridized carbons (Fsp3) is 0.417. The summed E-state index contributed by atoms with van der Waals surface area (Å²) in [5.41, 5.74) is -3.46. The lowest BCUT2D eigenvalue weighted by Gasteiger charge is -2.13. The van der Waals surface area contributed by atoms with Gasteiger partial charge in [0.05, 0.1) is 5.39 Å². The molecule has 108 valence electrons. The molecule has 0 atom stereocenters. The van der Waals surface area contributed by atoms with Crippen LogP contribution in [-0.2, 0) is 6.18 Å². The number of aromatic nitrogens is 3. The van der Waals surface area contributed by atoms with E-state index in [9.17, 15) is 22.8 Å². The van der Waals surface area contributed by atoms with Crippen molar-refractivity contribution in [2.75, 3.05) is 0 Å². The van der Waals surface area contributed by atoms with Gasteiger partial charge in [0.25, 0.3) is 0 Å². The first-order valence-corrected chi connectivity index (χ1v) is 5.86. The largest absolute Gasteiger partial charge is 0.431 e. The summed E-state index contributed by atoms with van der Waals surface area (Å²) in [6.07, 6.45) is -3.46. The molecule has 2 aromatic heterocycles. The average Bonchev–Trinajstić information content (AvgIpc) is 2.31. The topological polar surface area (TPSA) is 67.8 Å². The van der Waals surface area contributed by atoms with Crippen molar-refractivity contribution >= 4 is 11.0 Å². The molecule has 0 fully saturated rings. The summed E-state index contributed by atoms with van der Waals surface area (Å²) in [4.78, 5) is 29.2. The Hall–Kier alpha value is -2.12. The van der Waals surface area contributed by atoms with Crippen LogP contribution in [0.4, 0.5) is 13.2 Å². The van der Waals surface area contributed by atoms with Crippen molar-refractivity contribution < 1.29 is 13.2 Å². The van der Waals surface area contributed by atoms with E-state index in [-0.39, 0.29) is 17.1 Å². The molecule has 0 unspecified atom stereocenters. The smallest absolute Gasteiger partial charge is 0.335 e. The van der Waals surface area contributed by atoms with E-state index in [0.29, 0.717) is 0 Å². The van der Waals surface area contributed by atoms with Gasteiger partial charge in [-0.2, -0.15) is 18.2 Å². The third-order valence-corrected chi connectivity index (χ3v) is 3.00. The highest BCUT2D eigenvalue weighted by Crippen LogP contribution is 2.29. The van der Waals surface area contributed by atoms with E-state index in [0.717, 1.165) is 6.92 Å². The summed E-state index contributed by atoms with van der Waals surface area (Å²) in [5, 5.41) is -0.0381. The highest BCUT2D eigenvalue weighted by atomic mass is 19.4. The fourth-order valence-corrected chi connectivity index (χ4v) is 1.91. The van der Waals surface area contributed by atoms with Crippen molar-refractivity contribution in [2.45, 2.75) is 33.0 Å². The molecule has 0 saturated carbocycles. The molecule has 1 N–H and O–H groups in total. The number of hydrogen-bond acceptors (Lipinski definition) is 3. The van der Waals surface area contributed by atoms with Crippen LogP contribution in [0.25, 0.3) is 11.0 Å². The normalized spacial score (nSPS) is 12.3.